The van der Waals surface area contributed by atoms with E-state index in [0.29, 0.717) is 6.04 Å². The lowest BCUT2D eigenvalue weighted by molar-refractivity contribution is 0.248. The maximum Gasteiger partial charge on any atom is 0.0193 e. The summed E-state index contributed by atoms with van der Waals surface area (Å²) in [5, 5.41) is 6.78. The molecule has 0 aromatic carbocycles. The van der Waals surface area contributed by atoms with E-state index in [1.165, 1.54) is 19.5 Å². The van der Waals surface area contributed by atoms with Crippen molar-refractivity contribution in [1.82, 2.24) is 15.5 Å². The van der Waals surface area contributed by atoms with Gasteiger partial charge in [0.15, 0.2) is 0 Å². The molecule has 0 aromatic heterocycles. The van der Waals surface area contributed by atoms with Crippen LogP contribution in [0.25, 0.3) is 0 Å². The third-order valence-electron chi connectivity index (χ3n) is 2.47. The average molecular weight is 171 g/mol. The normalized spacial score (nSPS) is 31.0. The minimum absolute atomic E-state index is 0.670. The first-order chi connectivity index (χ1) is 5.72. The Hall–Kier alpha value is -0.120. The van der Waals surface area contributed by atoms with E-state index >= 15 is 0 Å². The van der Waals surface area contributed by atoms with E-state index in [-0.39, 0.29) is 0 Å². The van der Waals surface area contributed by atoms with Gasteiger partial charge >= 0.3 is 0 Å². The Kier molecular flexibility index (Phi) is 3.98. The molecule has 1 saturated heterocycles. The molecule has 3 heteroatoms. The van der Waals surface area contributed by atoms with Gasteiger partial charge in [-0.2, -0.15) is 0 Å². The molecule has 1 fully saturated rings. The van der Waals surface area contributed by atoms with Gasteiger partial charge in [0.05, 0.1) is 0 Å². The van der Waals surface area contributed by atoms with Crippen molar-refractivity contribution in [3.63, 3.8) is 0 Å². The molecule has 0 aliphatic carbocycles. The lowest BCUT2D eigenvalue weighted by Crippen LogP contribution is -2.47. The zero-order valence-corrected chi connectivity index (χ0v) is 8.43. The lowest BCUT2D eigenvalue weighted by Gasteiger charge is -2.31. The number of piperidine rings is 1. The predicted octanol–water partition coefficient (Wildman–Crippen LogP) is -0.254. The maximum atomic E-state index is 3.45. The monoisotopic (exact) mass is 171 g/mol. The zero-order valence-electron chi connectivity index (χ0n) is 8.43. The van der Waals surface area contributed by atoms with Crippen LogP contribution < -0.4 is 10.6 Å². The van der Waals surface area contributed by atoms with Crippen molar-refractivity contribution in [1.29, 1.82) is 0 Å². The second kappa shape index (κ2) is 4.80. The molecule has 0 bridgehead atoms. The Labute approximate surface area is 75.5 Å². The highest BCUT2D eigenvalue weighted by molar-refractivity contribution is 4.80. The van der Waals surface area contributed by atoms with Gasteiger partial charge in [-0.3, -0.25) is 0 Å². The van der Waals surface area contributed by atoms with Crippen LogP contribution in [0.5, 0.6) is 0 Å². The lowest BCUT2D eigenvalue weighted by atomic mass is 9.95. The van der Waals surface area contributed by atoms with Crippen LogP contribution in [0.3, 0.4) is 0 Å². The Balaban J connectivity index is 2.25. The Morgan fingerprint density at radius 3 is 2.75 bits per heavy atom. The number of rotatable bonds is 3. The van der Waals surface area contributed by atoms with Gasteiger partial charge in [-0.15, -0.1) is 0 Å². The van der Waals surface area contributed by atoms with E-state index < -0.39 is 0 Å². The molecule has 2 atom stereocenters. The zero-order chi connectivity index (χ0) is 8.97. The number of nitrogens with zero attached hydrogens (tertiary/aromatic N) is 1. The Bertz CT molecular complexity index is 125. The van der Waals surface area contributed by atoms with E-state index in [4.69, 9.17) is 0 Å². The number of nitrogens with one attached hydrogen (secondary N) is 2. The van der Waals surface area contributed by atoms with Crippen LogP contribution in [0.1, 0.15) is 6.42 Å². The Morgan fingerprint density at radius 1 is 1.42 bits per heavy atom. The fourth-order valence-electron chi connectivity index (χ4n) is 1.91. The van der Waals surface area contributed by atoms with E-state index in [2.05, 4.69) is 29.6 Å². The Morgan fingerprint density at radius 2 is 2.17 bits per heavy atom. The van der Waals surface area contributed by atoms with Crippen LogP contribution in [0.15, 0.2) is 0 Å². The van der Waals surface area contributed by atoms with Crippen LogP contribution in [0.2, 0.25) is 0 Å². The molecule has 1 heterocycles. The van der Waals surface area contributed by atoms with Crippen LogP contribution in [-0.2, 0) is 0 Å². The molecular weight excluding hydrogens is 150 g/mol. The highest BCUT2D eigenvalue weighted by atomic mass is 15.1. The van der Waals surface area contributed by atoms with Crippen molar-refractivity contribution in [2.24, 2.45) is 5.92 Å². The minimum atomic E-state index is 0.670. The fourth-order valence-corrected chi connectivity index (χ4v) is 1.91. The molecule has 0 radical (unpaired) electrons. The molecule has 1 aliphatic rings. The summed E-state index contributed by atoms with van der Waals surface area (Å²) in [4.78, 5) is 2.27. The number of hydrogen-bond donors (Lipinski definition) is 2. The topological polar surface area (TPSA) is 27.3 Å². The van der Waals surface area contributed by atoms with Crippen molar-refractivity contribution < 1.29 is 0 Å². The SMILES string of the molecule is CNC1CNCC(CN(C)C)C1. The molecule has 0 spiro atoms. The standard InChI is InChI=1S/C9H21N3/c1-10-9-4-8(5-11-6-9)7-12(2)3/h8-11H,4-7H2,1-3H3. The summed E-state index contributed by atoms with van der Waals surface area (Å²) >= 11 is 0. The molecule has 0 saturated carbocycles. The summed E-state index contributed by atoms with van der Waals surface area (Å²) in [5.41, 5.74) is 0. The van der Waals surface area contributed by atoms with Crippen LogP contribution in [0.4, 0.5) is 0 Å². The van der Waals surface area contributed by atoms with E-state index in [0.717, 1.165) is 12.5 Å². The molecule has 1 rings (SSSR count). The number of likely N-dealkylation sites (N-methyl/N-ethyl adjacent to an activating group) is 1. The van der Waals surface area contributed by atoms with E-state index in [1.807, 2.05) is 7.05 Å². The molecular formula is C9H21N3. The highest BCUT2D eigenvalue weighted by Crippen LogP contribution is 2.10. The smallest absolute Gasteiger partial charge is 0.0193 e. The van der Waals surface area contributed by atoms with Gasteiger partial charge in [-0.05, 0) is 40.0 Å². The van der Waals surface area contributed by atoms with Gasteiger partial charge in [-0.25, -0.2) is 0 Å². The second-order valence-corrected chi connectivity index (χ2v) is 4.01. The second-order valence-electron chi connectivity index (χ2n) is 4.01. The van der Waals surface area contributed by atoms with Crippen molar-refractivity contribution in [3.05, 3.63) is 0 Å². The first-order valence-electron chi connectivity index (χ1n) is 4.75. The summed E-state index contributed by atoms with van der Waals surface area (Å²) in [7, 11) is 6.33. The fraction of sp³-hybridized carbons (Fsp3) is 1.00. The molecule has 72 valence electrons. The van der Waals surface area contributed by atoms with Gasteiger partial charge in [0, 0.05) is 19.1 Å². The summed E-state index contributed by atoms with van der Waals surface area (Å²) in [5.74, 6) is 0.811. The van der Waals surface area contributed by atoms with Gasteiger partial charge in [0.2, 0.25) is 0 Å². The summed E-state index contributed by atoms with van der Waals surface area (Å²) in [6.07, 6.45) is 1.31. The van der Waals surface area contributed by atoms with Gasteiger partial charge in [0.1, 0.15) is 0 Å². The predicted molar refractivity (Wildman–Crippen MR) is 52.4 cm³/mol. The van der Waals surface area contributed by atoms with Crippen LogP contribution >= 0.6 is 0 Å². The quantitative estimate of drug-likeness (QED) is 0.613. The molecule has 0 amide bonds. The highest BCUT2D eigenvalue weighted by Gasteiger charge is 2.20. The maximum absolute atomic E-state index is 3.45. The van der Waals surface area contributed by atoms with Gasteiger partial charge < -0.3 is 15.5 Å². The largest absolute Gasteiger partial charge is 0.316 e. The summed E-state index contributed by atoms with van der Waals surface area (Å²) < 4.78 is 0. The molecule has 3 nitrogen and oxygen atoms in total. The van der Waals surface area contributed by atoms with Gasteiger partial charge in [0.25, 0.3) is 0 Å². The first-order valence-corrected chi connectivity index (χ1v) is 4.75. The van der Waals surface area contributed by atoms with Crippen molar-refractivity contribution >= 4 is 0 Å². The third-order valence-corrected chi connectivity index (χ3v) is 2.47. The molecule has 2 N–H and O–H groups in total. The average Bonchev–Trinajstić information content (AvgIpc) is 2.03. The third kappa shape index (κ3) is 3.09. The number of hydrogen-bond acceptors (Lipinski definition) is 3. The van der Waals surface area contributed by atoms with Crippen LogP contribution in [0, 0.1) is 5.92 Å². The summed E-state index contributed by atoms with van der Waals surface area (Å²) in [6, 6.07) is 0.670. The van der Waals surface area contributed by atoms with E-state index in [1.54, 1.807) is 0 Å². The molecule has 1 aliphatic heterocycles. The minimum Gasteiger partial charge on any atom is -0.316 e. The molecule has 0 aromatic rings. The van der Waals surface area contributed by atoms with Crippen LogP contribution in [-0.4, -0.2) is 51.7 Å². The first kappa shape index (κ1) is 9.96. The van der Waals surface area contributed by atoms with Gasteiger partial charge in [-0.1, -0.05) is 0 Å². The molecule has 12 heavy (non-hydrogen) atoms. The van der Waals surface area contributed by atoms with Crippen molar-refractivity contribution in [2.45, 2.75) is 12.5 Å². The van der Waals surface area contributed by atoms with Crippen molar-refractivity contribution in [3.8, 4) is 0 Å². The van der Waals surface area contributed by atoms with Crippen molar-refractivity contribution in [2.75, 3.05) is 40.8 Å². The summed E-state index contributed by atoms with van der Waals surface area (Å²) in [6.45, 7) is 3.50. The van der Waals surface area contributed by atoms with E-state index in [9.17, 15) is 0 Å². The molecule has 2 unspecified atom stereocenters.